The van der Waals surface area contributed by atoms with E-state index in [0.29, 0.717) is 53.5 Å². The van der Waals surface area contributed by atoms with Gasteiger partial charge in [0.2, 0.25) is 5.95 Å². The lowest BCUT2D eigenvalue weighted by Crippen LogP contribution is -2.15. The number of nitrogens with zero attached hydrogens (tertiary/aromatic N) is 3. The number of anilines is 2. The number of rotatable bonds is 3. The predicted octanol–water partition coefficient (Wildman–Crippen LogP) is 5.80. The fourth-order valence-electron chi connectivity index (χ4n) is 4.12. The summed E-state index contributed by atoms with van der Waals surface area (Å²) in [4.78, 5) is 14.0. The van der Waals surface area contributed by atoms with Crippen LogP contribution in [-0.2, 0) is 6.54 Å². The van der Waals surface area contributed by atoms with Gasteiger partial charge in [-0.25, -0.2) is 14.4 Å². The van der Waals surface area contributed by atoms with Crippen LogP contribution in [0.2, 0.25) is 5.02 Å². The molecule has 0 saturated heterocycles. The summed E-state index contributed by atoms with van der Waals surface area (Å²) >= 11 is 6.33. The largest absolute Gasteiger partial charge is 0.486 e. The fraction of sp³-hybridized carbons (Fsp3) is 0.115. The first-order valence-corrected chi connectivity index (χ1v) is 11.2. The van der Waals surface area contributed by atoms with E-state index in [0.717, 1.165) is 28.1 Å². The van der Waals surface area contributed by atoms with E-state index in [1.54, 1.807) is 36.5 Å². The maximum Gasteiger partial charge on any atom is 0.227 e. The number of hydrogen-bond donors (Lipinski definition) is 1. The van der Waals surface area contributed by atoms with Crippen molar-refractivity contribution in [3.05, 3.63) is 94.4 Å². The molecule has 34 heavy (non-hydrogen) atoms. The zero-order chi connectivity index (χ0) is 23.1. The molecule has 1 N–H and O–H groups in total. The maximum absolute atomic E-state index is 14.7. The lowest BCUT2D eigenvalue weighted by molar-refractivity contribution is 0.171. The van der Waals surface area contributed by atoms with Crippen molar-refractivity contribution < 1.29 is 13.9 Å². The van der Waals surface area contributed by atoms with Crippen LogP contribution in [0.15, 0.2) is 71.9 Å². The van der Waals surface area contributed by atoms with Crippen molar-refractivity contribution in [2.45, 2.75) is 6.54 Å². The van der Waals surface area contributed by atoms with Crippen molar-refractivity contribution in [1.82, 2.24) is 9.97 Å². The molecule has 2 aliphatic rings. The Hall–Kier alpha value is -3.97. The van der Waals surface area contributed by atoms with Gasteiger partial charge in [-0.1, -0.05) is 29.8 Å². The molecule has 0 fully saturated rings. The highest BCUT2D eigenvalue weighted by atomic mass is 35.5. The van der Waals surface area contributed by atoms with Crippen LogP contribution in [0.3, 0.4) is 0 Å². The topological polar surface area (TPSA) is 68.6 Å². The highest BCUT2D eigenvalue weighted by molar-refractivity contribution is 6.31. The van der Waals surface area contributed by atoms with Crippen molar-refractivity contribution in [3.63, 3.8) is 0 Å². The summed E-state index contributed by atoms with van der Waals surface area (Å²) < 4.78 is 25.9. The molecule has 0 atom stereocenters. The molecule has 0 bridgehead atoms. The van der Waals surface area contributed by atoms with E-state index in [1.165, 1.54) is 6.07 Å². The van der Waals surface area contributed by atoms with Gasteiger partial charge in [-0.2, -0.15) is 0 Å². The molecule has 0 saturated carbocycles. The van der Waals surface area contributed by atoms with E-state index in [1.807, 2.05) is 24.3 Å². The van der Waals surface area contributed by atoms with Gasteiger partial charge in [-0.3, -0.25) is 4.99 Å². The Morgan fingerprint density at radius 3 is 2.62 bits per heavy atom. The molecule has 2 aliphatic heterocycles. The van der Waals surface area contributed by atoms with Crippen LogP contribution in [0.5, 0.6) is 11.5 Å². The number of nitrogens with one attached hydrogen (secondary N) is 1. The number of ether oxygens (including phenoxy) is 2. The molecule has 0 radical (unpaired) electrons. The van der Waals surface area contributed by atoms with Crippen molar-refractivity contribution in [1.29, 1.82) is 0 Å². The molecule has 168 valence electrons. The Labute approximate surface area is 200 Å². The zero-order valence-electron chi connectivity index (χ0n) is 17.9. The van der Waals surface area contributed by atoms with Crippen LogP contribution in [0.1, 0.15) is 16.7 Å². The van der Waals surface area contributed by atoms with Crippen LogP contribution in [-0.4, -0.2) is 28.9 Å². The summed E-state index contributed by atoms with van der Waals surface area (Å²) in [5.74, 6) is 1.47. The summed E-state index contributed by atoms with van der Waals surface area (Å²) in [7, 11) is 0. The number of aliphatic imine (C=N–C) groups is 1. The first kappa shape index (κ1) is 20.6. The molecule has 0 spiro atoms. The summed E-state index contributed by atoms with van der Waals surface area (Å²) in [6, 6.07) is 17.7. The minimum absolute atomic E-state index is 0.315. The lowest BCUT2D eigenvalue weighted by atomic mass is 9.95. The first-order valence-electron chi connectivity index (χ1n) is 10.8. The smallest absolute Gasteiger partial charge is 0.227 e. The van der Waals surface area contributed by atoms with Crippen molar-refractivity contribution in [2.24, 2.45) is 4.99 Å². The van der Waals surface area contributed by atoms with Crippen molar-refractivity contribution in [3.8, 4) is 22.8 Å². The Bertz CT molecular complexity index is 1460. The van der Waals surface area contributed by atoms with E-state index in [2.05, 4.69) is 10.3 Å². The van der Waals surface area contributed by atoms with Gasteiger partial charge in [0.25, 0.3) is 0 Å². The third-order valence-electron chi connectivity index (χ3n) is 5.69. The van der Waals surface area contributed by atoms with E-state index in [-0.39, 0.29) is 5.82 Å². The minimum atomic E-state index is -0.342. The Morgan fingerprint density at radius 2 is 1.74 bits per heavy atom. The van der Waals surface area contributed by atoms with E-state index < -0.39 is 0 Å². The molecule has 3 aromatic carbocycles. The Balaban J connectivity index is 1.41. The third kappa shape index (κ3) is 3.74. The quantitative estimate of drug-likeness (QED) is 0.408. The van der Waals surface area contributed by atoms with E-state index in [4.69, 9.17) is 31.1 Å². The molecule has 0 aliphatic carbocycles. The van der Waals surface area contributed by atoms with Gasteiger partial charge in [0.15, 0.2) is 11.5 Å². The maximum atomic E-state index is 14.7. The number of hydrogen-bond acceptors (Lipinski definition) is 6. The third-order valence-corrected chi connectivity index (χ3v) is 5.93. The monoisotopic (exact) mass is 472 g/mol. The summed E-state index contributed by atoms with van der Waals surface area (Å²) in [6.07, 6.45) is 1.74. The normalized spacial score (nSPS) is 13.9. The molecular weight excluding hydrogens is 455 g/mol. The van der Waals surface area contributed by atoms with Crippen LogP contribution in [0, 0.1) is 5.82 Å². The second kappa shape index (κ2) is 8.43. The summed E-state index contributed by atoms with van der Waals surface area (Å²) in [6.45, 7) is 1.36. The predicted molar refractivity (Wildman–Crippen MR) is 129 cm³/mol. The Morgan fingerprint density at radius 1 is 0.882 bits per heavy atom. The van der Waals surface area contributed by atoms with Gasteiger partial charge < -0.3 is 14.8 Å². The van der Waals surface area contributed by atoms with Gasteiger partial charge >= 0.3 is 0 Å². The fourth-order valence-corrected chi connectivity index (χ4v) is 4.29. The van der Waals surface area contributed by atoms with Crippen molar-refractivity contribution in [2.75, 3.05) is 18.5 Å². The second-order valence-corrected chi connectivity index (χ2v) is 8.32. The average molecular weight is 473 g/mol. The van der Waals surface area contributed by atoms with Gasteiger partial charge in [-0.05, 0) is 36.4 Å². The number of halogens is 2. The summed E-state index contributed by atoms with van der Waals surface area (Å²) in [5.41, 5.74) is 4.82. The molecule has 0 unspecified atom stereocenters. The number of aromatic nitrogens is 2. The van der Waals surface area contributed by atoms with Crippen molar-refractivity contribution >= 4 is 28.9 Å². The van der Waals surface area contributed by atoms with Gasteiger partial charge in [0.05, 0.1) is 18.0 Å². The minimum Gasteiger partial charge on any atom is -0.486 e. The zero-order valence-corrected chi connectivity index (χ0v) is 18.6. The first-order chi connectivity index (χ1) is 16.7. The van der Waals surface area contributed by atoms with Gasteiger partial charge in [0.1, 0.15) is 19.0 Å². The molecule has 6 nitrogen and oxygen atoms in total. The van der Waals surface area contributed by atoms with Crippen LogP contribution >= 0.6 is 11.6 Å². The molecule has 4 aromatic rings. The Kier molecular flexibility index (Phi) is 5.11. The standard InChI is InChI=1S/C26H18ClFN4O2/c27-16-5-7-18-20(11-16)25(19-3-1-2-4-21(19)28)29-13-15-14-30-26(32-24(15)18)31-17-6-8-22-23(12-17)34-10-9-33-22/h1-8,11-12,14H,9-10,13H2,(H,30,31,32). The molecule has 1 aromatic heterocycles. The average Bonchev–Trinajstić information content (AvgIpc) is 3.01. The van der Waals surface area contributed by atoms with Gasteiger partial charge in [0, 0.05) is 45.2 Å². The van der Waals surface area contributed by atoms with Crippen LogP contribution < -0.4 is 14.8 Å². The number of benzene rings is 3. The van der Waals surface area contributed by atoms with Crippen LogP contribution in [0.4, 0.5) is 16.0 Å². The molecular formula is C26H18ClFN4O2. The highest BCUT2D eigenvalue weighted by Gasteiger charge is 2.23. The lowest BCUT2D eigenvalue weighted by Gasteiger charge is -2.19. The van der Waals surface area contributed by atoms with E-state index in [9.17, 15) is 4.39 Å². The number of fused-ring (bicyclic) bond motifs is 4. The van der Waals surface area contributed by atoms with E-state index >= 15 is 0 Å². The SMILES string of the molecule is Fc1ccccc1C1=NCc2cnc(Nc3ccc4c(c3)OCCO4)nc2-c2ccc(Cl)cc21. The molecule has 8 heteroatoms. The molecule has 6 rings (SSSR count). The van der Waals surface area contributed by atoms with Gasteiger partial charge in [-0.15, -0.1) is 0 Å². The summed E-state index contributed by atoms with van der Waals surface area (Å²) in [5, 5.41) is 3.77. The van der Waals surface area contributed by atoms with Crippen LogP contribution in [0.25, 0.3) is 11.3 Å². The second-order valence-electron chi connectivity index (χ2n) is 7.89. The molecule has 0 amide bonds. The highest BCUT2D eigenvalue weighted by Crippen LogP contribution is 2.36. The molecule has 3 heterocycles.